The highest BCUT2D eigenvalue weighted by atomic mass is 16.8. The van der Waals surface area contributed by atoms with Crippen LogP contribution in [0.25, 0.3) is 0 Å². The maximum atomic E-state index is 13.8. The number of carboxylic acids is 1. The maximum Gasteiger partial charge on any atom is 0.407 e. The van der Waals surface area contributed by atoms with Gasteiger partial charge in [0.25, 0.3) is 5.79 Å². The quantitative estimate of drug-likeness (QED) is 0.0305. The number of aliphatic hydroxyl groups is 11. The predicted molar refractivity (Wildman–Crippen MR) is 250 cm³/mol. The molecule has 77 heavy (non-hydrogen) atoms. The van der Waals surface area contributed by atoms with E-state index in [1.54, 1.807) is 0 Å². The molecule has 0 radical (unpaired) electrons. The summed E-state index contributed by atoms with van der Waals surface area (Å²) in [6.45, 7) is -1.52. The summed E-state index contributed by atoms with van der Waals surface area (Å²) in [5, 5.41) is 155. The van der Waals surface area contributed by atoms with Crippen molar-refractivity contribution in [3.8, 4) is 11.5 Å². The fourth-order valence-corrected chi connectivity index (χ4v) is 9.33. The number of benzene rings is 1. The minimum absolute atomic E-state index is 0.0758. The monoisotopic (exact) mass is 1110 g/mol. The molecule has 14 unspecified atom stereocenters. The zero-order valence-electron chi connectivity index (χ0n) is 42.4. The number of nitrogens with one attached hydrogen (secondary N) is 2. The highest BCUT2D eigenvalue weighted by molar-refractivity contribution is 5.76. The number of aromatic hydroxyl groups is 2. The van der Waals surface area contributed by atoms with E-state index in [1.165, 1.54) is 26.2 Å². The van der Waals surface area contributed by atoms with Crippen LogP contribution >= 0.6 is 0 Å². The molecule has 4 aliphatic heterocycles. The lowest BCUT2D eigenvalue weighted by molar-refractivity contribution is -0.391. The van der Waals surface area contributed by atoms with Crippen LogP contribution in [-0.2, 0) is 68.4 Å². The number of carboxylic acid groups (broad SMARTS) is 1. The van der Waals surface area contributed by atoms with Gasteiger partial charge in [0.05, 0.1) is 45.2 Å². The molecule has 30 heteroatoms. The zero-order chi connectivity index (χ0) is 56.9. The molecule has 0 spiro atoms. The third-order valence-electron chi connectivity index (χ3n) is 13.5. The van der Waals surface area contributed by atoms with Gasteiger partial charge in [0, 0.05) is 32.4 Å². The van der Waals surface area contributed by atoms with Crippen molar-refractivity contribution < 1.29 is 138 Å². The van der Waals surface area contributed by atoms with Gasteiger partial charge in [-0.3, -0.25) is 9.59 Å². The molecule has 2 amide bonds. The van der Waals surface area contributed by atoms with Crippen LogP contribution < -0.4 is 10.6 Å². The fraction of sp³-hybridized carbons (Fsp3) is 0.787. The number of aliphatic hydroxyl groups excluding tert-OH is 11. The van der Waals surface area contributed by atoms with Crippen LogP contribution in [0, 0.1) is 0 Å². The summed E-state index contributed by atoms with van der Waals surface area (Å²) in [7, 11) is 1.30. The Balaban J connectivity index is 1.50. The lowest BCUT2D eigenvalue weighted by Crippen LogP contribution is -2.71. The SMILES string of the molecule is COC(=O)CCCCCCCCO[C@@H]1OC(CO)[C@@H](OC2OC(CO)[C@H](O)C(O[C@]3(C(=O)O)CC(O)[C@@H](NC(C)=O)C(C(O)C(O)CO)O3)C2O)C(O[C@@H]2OC(C)[C@@H](O)C(O)C2O)C1NC(=O)OCc1cc(O)cc(O)c1. The summed E-state index contributed by atoms with van der Waals surface area (Å²) < 4.78 is 58.0. The number of phenols is 2. The number of aliphatic carboxylic acids is 1. The van der Waals surface area contributed by atoms with Crippen LogP contribution in [0.15, 0.2) is 18.2 Å². The van der Waals surface area contributed by atoms with E-state index in [9.17, 15) is 90.7 Å². The first-order valence-electron chi connectivity index (χ1n) is 25.0. The molecule has 16 N–H and O–H groups in total. The molecule has 4 aliphatic rings. The normalized spacial score (nSPS) is 36.3. The smallest absolute Gasteiger partial charge is 0.407 e. The first-order chi connectivity index (χ1) is 36.5. The van der Waals surface area contributed by atoms with Gasteiger partial charge in [0.15, 0.2) is 18.9 Å². The van der Waals surface area contributed by atoms with E-state index in [0.717, 1.165) is 25.8 Å². The largest absolute Gasteiger partial charge is 0.508 e. The average Bonchev–Trinajstić information content (AvgIpc) is 3.39. The number of rotatable bonds is 26. The van der Waals surface area contributed by atoms with Gasteiger partial charge in [-0.2, -0.15) is 0 Å². The molecule has 21 atom stereocenters. The van der Waals surface area contributed by atoms with E-state index in [2.05, 4.69) is 15.4 Å². The molecule has 0 saturated carbocycles. The van der Waals surface area contributed by atoms with Crippen molar-refractivity contribution in [1.82, 2.24) is 10.6 Å². The minimum Gasteiger partial charge on any atom is -0.508 e. The van der Waals surface area contributed by atoms with Crippen LogP contribution in [0.2, 0.25) is 0 Å². The average molecular weight is 1120 g/mol. The number of carbonyl (C=O) groups is 4. The van der Waals surface area contributed by atoms with E-state index in [4.69, 9.17) is 42.6 Å². The van der Waals surface area contributed by atoms with E-state index < -0.39 is 179 Å². The summed E-state index contributed by atoms with van der Waals surface area (Å²) in [6, 6.07) is 0.0412. The molecule has 1 aromatic carbocycles. The Hall–Kier alpha value is -4.26. The van der Waals surface area contributed by atoms with Crippen LogP contribution in [0.5, 0.6) is 11.5 Å². The van der Waals surface area contributed by atoms with Crippen molar-refractivity contribution in [1.29, 1.82) is 0 Å². The standard InChI is InChI=1S/C47H74N2O28/c1-20-32(59)35(62)36(63)43(71-20)75-40-31(49-46(67)70-19-22-12-23(54)14-24(55)13-22)42(69-11-9-7-5-4-6-8-10-29(58)68-3)73-28(18-52)38(40)74-44-37(64)41(34(61)27(17-51)72-44)77-47(45(65)66)15-25(56)30(48-21(2)53)39(76-47)33(60)26(57)16-50/h12-14,20,25-28,30-44,50-52,54-57,59-64H,4-11,15-19H2,1-3H3,(H,48,53)(H,49,67)(H,65,66)/t20?,25?,26?,27?,28?,30-,31?,32-,33?,34+,35?,36?,37?,38-,39?,40?,41?,42-,43+,44?,47+/m1/s1. The molecular weight excluding hydrogens is 1040 g/mol. The molecule has 0 aromatic heterocycles. The highest BCUT2D eigenvalue weighted by Gasteiger charge is 2.61. The van der Waals surface area contributed by atoms with Gasteiger partial charge in [-0.15, -0.1) is 0 Å². The van der Waals surface area contributed by atoms with Gasteiger partial charge < -0.3 is 129 Å². The molecule has 5 rings (SSSR count). The van der Waals surface area contributed by atoms with Crippen molar-refractivity contribution in [2.45, 2.75) is 200 Å². The molecule has 0 aliphatic carbocycles. The van der Waals surface area contributed by atoms with Gasteiger partial charge >= 0.3 is 18.0 Å². The van der Waals surface area contributed by atoms with Crippen molar-refractivity contribution >= 4 is 23.9 Å². The number of alkyl carbamates (subject to hydrolysis) is 1. The molecule has 30 nitrogen and oxygen atoms in total. The molecule has 0 bridgehead atoms. The van der Waals surface area contributed by atoms with Gasteiger partial charge in [0.1, 0.15) is 103 Å². The number of ether oxygens (including phenoxy) is 10. The van der Waals surface area contributed by atoms with Crippen LogP contribution in [-0.4, -0.2) is 257 Å². The molecule has 440 valence electrons. The highest BCUT2D eigenvalue weighted by Crippen LogP contribution is 2.39. The lowest BCUT2D eigenvalue weighted by Gasteiger charge is -2.51. The topological polar surface area (TPSA) is 468 Å². The Bertz CT molecular complexity index is 2020. The van der Waals surface area contributed by atoms with Gasteiger partial charge in [-0.05, 0) is 37.5 Å². The Morgan fingerprint density at radius 3 is 1.95 bits per heavy atom. The Morgan fingerprint density at radius 2 is 1.34 bits per heavy atom. The number of amides is 2. The molecule has 4 saturated heterocycles. The van der Waals surface area contributed by atoms with Crippen LogP contribution in [0.1, 0.15) is 70.8 Å². The van der Waals surface area contributed by atoms with Crippen molar-refractivity contribution in [2.24, 2.45) is 0 Å². The van der Waals surface area contributed by atoms with Crippen LogP contribution in [0.4, 0.5) is 4.79 Å². The number of unbranched alkanes of at least 4 members (excludes halogenated alkanes) is 5. The summed E-state index contributed by atoms with van der Waals surface area (Å²) in [5.41, 5.74) is 0.117. The van der Waals surface area contributed by atoms with E-state index in [1.807, 2.05) is 0 Å². The number of hydrogen-bond donors (Lipinski definition) is 16. The fourth-order valence-electron chi connectivity index (χ4n) is 9.33. The number of methoxy groups -OCH3 is 1. The Morgan fingerprint density at radius 1 is 0.727 bits per heavy atom. The first-order valence-corrected chi connectivity index (χ1v) is 25.0. The van der Waals surface area contributed by atoms with Gasteiger partial charge in [0.2, 0.25) is 5.91 Å². The molecule has 4 fully saturated rings. The predicted octanol–water partition coefficient (Wildman–Crippen LogP) is -5.10. The molecule has 4 heterocycles. The zero-order valence-corrected chi connectivity index (χ0v) is 42.4. The third-order valence-corrected chi connectivity index (χ3v) is 13.5. The number of esters is 1. The van der Waals surface area contributed by atoms with Crippen molar-refractivity contribution in [2.75, 3.05) is 33.5 Å². The lowest BCUT2D eigenvalue weighted by atomic mass is 9.88. The summed E-state index contributed by atoms with van der Waals surface area (Å²) in [6.07, 6.45) is -33.4. The summed E-state index contributed by atoms with van der Waals surface area (Å²) >= 11 is 0. The third kappa shape index (κ3) is 16.4. The Kier molecular flexibility index (Phi) is 24.2. The molecular formula is C47H74N2O28. The van der Waals surface area contributed by atoms with Crippen molar-refractivity contribution in [3.63, 3.8) is 0 Å². The second-order valence-electron chi connectivity index (χ2n) is 19.2. The van der Waals surface area contributed by atoms with Crippen LogP contribution in [0.3, 0.4) is 0 Å². The van der Waals surface area contributed by atoms with E-state index >= 15 is 0 Å². The Labute approximate surface area is 440 Å². The number of carbonyl (C=O) groups excluding carboxylic acids is 3. The second kappa shape index (κ2) is 29.3. The maximum absolute atomic E-state index is 13.8. The second-order valence-corrected chi connectivity index (χ2v) is 19.2. The number of hydrogen-bond acceptors (Lipinski definition) is 27. The van der Waals surface area contributed by atoms with Crippen molar-refractivity contribution in [3.05, 3.63) is 23.8 Å². The van der Waals surface area contributed by atoms with E-state index in [0.29, 0.717) is 25.7 Å². The minimum atomic E-state index is -3.19. The number of phenolic OH excluding ortho intramolecular Hbond substituents is 2. The summed E-state index contributed by atoms with van der Waals surface area (Å²) in [5.74, 6) is -7.12. The summed E-state index contributed by atoms with van der Waals surface area (Å²) in [4.78, 5) is 50.6. The first kappa shape index (κ1) is 63.6. The molecule has 1 aromatic rings. The van der Waals surface area contributed by atoms with Gasteiger partial charge in [-0.1, -0.05) is 25.7 Å². The van der Waals surface area contributed by atoms with Gasteiger partial charge in [-0.25, -0.2) is 9.59 Å². The van der Waals surface area contributed by atoms with E-state index in [-0.39, 0.29) is 36.1 Å².